The summed E-state index contributed by atoms with van der Waals surface area (Å²) in [6, 6.07) is 12.4. The Bertz CT molecular complexity index is 749. The zero-order valence-corrected chi connectivity index (χ0v) is 15.0. The van der Waals surface area contributed by atoms with Gasteiger partial charge in [0.1, 0.15) is 17.5 Å². The van der Waals surface area contributed by atoms with Crippen LogP contribution in [0.4, 0.5) is 24.5 Å². The van der Waals surface area contributed by atoms with Crippen molar-refractivity contribution >= 4 is 17.3 Å². The maximum Gasteiger partial charge on any atom is 0.422 e. The van der Waals surface area contributed by atoms with Gasteiger partial charge in [0.05, 0.1) is 12.3 Å². The van der Waals surface area contributed by atoms with Gasteiger partial charge in [0, 0.05) is 5.69 Å². The van der Waals surface area contributed by atoms with Gasteiger partial charge in [-0.1, -0.05) is 12.1 Å². The number of anilines is 2. The summed E-state index contributed by atoms with van der Waals surface area (Å²) in [7, 11) is 0. The summed E-state index contributed by atoms with van der Waals surface area (Å²) in [4.78, 5) is 12.4. The van der Waals surface area contributed by atoms with Gasteiger partial charge in [-0.05, 0) is 50.2 Å². The molecule has 8 heteroatoms. The monoisotopic (exact) mass is 382 g/mol. The molecule has 1 unspecified atom stereocenters. The lowest BCUT2D eigenvalue weighted by Crippen LogP contribution is -2.32. The normalized spacial score (nSPS) is 12.2. The van der Waals surface area contributed by atoms with Crippen LogP contribution in [0.1, 0.15) is 13.8 Å². The van der Waals surface area contributed by atoms with Gasteiger partial charge in [-0.25, -0.2) is 0 Å². The molecule has 0 aromatic heterocycles. The van der Waals surface area contributed by atoms with E-state index >= 15 is 0 Å². The number of carbonyl (C=O) groups excluding carboxylic acids is 1. The number of carbonyl (C=O) groups is 1. The number of halogens is 3. The second-order valence-corrected chi connectivity index (χ2v) is 5.71. The number of hydrogen-bond donors (Lipinski definition) is 2. The van der Waals surface area contributed by atoms with Crippen molar-refractivity contribution in [2.45, 2.75) is 26.1 Å². The first-order valence-corrected chi connectivity index (χ1v) is 8.37. The third kappa shape index (κ3) is 6.73. The molecule has 0 aliphatic rings. The Morgan fingerprint density at radius 2 is 1.74 bits per heavy atom. The molecule has 0 saturated heterocycles. The zero-order valence-electron chi connectivity index (χ0n) is 15.0. The van der Waals surface area contributed by atoms with Gasteiger partial charge in [-0.15, -0.1) is 0 Å². The highest BCUT2D eigenvalue weighted by Gasteiger charge is 2.28. The molecule has 27 heavy (non-hydrogen) atoms. The maximum absolute atomic E-state index is 12.4. The Morgan fingerprint density at radius 3 is 2.37 bits per heavy atom. The second kappa shape index (κ2) is 9.16. The summed E-state index contributed by atoms with van der Waals surface area (Å²) in [6.45, 7) is 2.65. The van der Waals surface area contributed by atoms with Crippen LogP contribution in [0, 0.1) is 0 Å². The predicted octanol–water partition coefficient (Wildman–Crippen LogP) is 4.47. The summed E-state index contributed by atoms with van der Waals surface area (Å²) < 4.78 is 46.6. The van der Waals surface area contributed by atoms with Crippen LogP contribution in [0.2, 0.25) is 0 Å². The molecule has 0 radical (unpaired) electrons. The van der Waals surface area contributed by atoms with Crippen molar-refractivity contribution in [2.75, 3.05) is 23.8 Å². The molecule has 1 atom stereocenters. The number of nitrogens with one attached hydrogen (secondary N) is 2. The van der Waals surface area contributed by atoms with Crippen LogP contribution in [0.15, 0.2) is 48.5 Å². The molecule has 2 aromatic rings. The molecule has 0 aliphatic carbocycles. The van der Waals surface area contributed by atoms with E-state index in [1.54, 1.807) is 37.3 Å². The number of benzene rings is 2. The first-order valence-electron chi connectivity index (χ1n) is 8.37. The van der Waals surface area contributed by atoms with Crippen LogP contribution in [0.5, 0.6) is 11.5 Å². The van der Waals surface area contributed by atoms with Crippen molar-refractivity contribution in [3.63, 3.8) is 0 Å². The molecule has 0 bridgehead atoms. The molecule has 146 valence electrons. The van der Waals surface area contributed by atoms with Crippen LogP contribution >= 0.6 is 0 Å². The van der Waals surface area contributed by atoms with Crippen LogP contribution < -0.4 is 20.1 Å². The van der Waals surface area contributed by atoms with Crippen molar-refractivity contribution in [3.8, 4) is 11.5 Å². The molecule has 1 amide bonds. The number of ether oxygens (including phenoxy) is 2. The fourth-order valence-corrected chi connectivity index (χ4v) is 2.22. The van der Waals surface area contributed by atoms with Crippen molar-refractivity contribution in [2.24, 2.45) is 0 Å². The average Bonchev–Trinajstić information content (AvgIpc) is 2.62. The van der Waals surface area contributed by atoms with E-state index in [1.165, 1.54) is 12.1 Å². The highest BCUT2D eigenvalue weighted by molar-refractivity contribution is 5.97. The highest BCUT2D eigenvalue weighted by atomic mass is 19.4. The van der Waals surface area contributed by atoms with Gasteiger partial charge >= 0.3 is 6.18 Å². The van der Waals surface area contributed by atoms with E-state index in [4.69, 9.17) is 4.74 Å². The molecular weight excluding hydrogens is 361 g/mol. The zero-order chi connectivity index (χ0) is 19.9. The standard InChI is InChI=1S/C19H21F3N2O3/c1-3-26-17-7-5-4-6-16(17)24-18(25)13(2)23-14-8-10-15(11-9-14)27-12-19(20,21)22/h4-11,13,23H,3,12H2,1-2H3,(H,24,25). The van der Waals surface area contributed by atoms with Crippen molar-refractivity contribution in [1.82, 2.24) is 0 Å². The van der Waals surface area contributed by atoms with Gasteiger partial charge in [0.2, 0.25) is 5.91 Å². The third-order valence-electron chi connectivity index (χ3n) is 3.48. The van der Waals surface area contributed by atoms with E-state index in [2.05, 4.69) is 15.4 Å². The predicted molar refractivity (Wildman–Crippen MR) is 97.3 cm³/mol. The van der Waals surface area contributed by atoms with E-state index in [9.17, 15) is 18.0 Å². The lowest BCUT2D eigenvalue weighted by molar-refractivity contribution is -0.153. The molecule has 0 fully saturated rings. The van der Waals surface area contributed by atoms with Gasteiger partial charge in [-0.3, -0.25) is 4.79 Å². The van der Waals surface area contributed by atoms with Crippen LogP contribution in [-0.2, 0) is 4.79 Å². The van der Waals surface area contributed by atoms with Crippen molar-refractivity contribution < 1.29 is 27.4 Å². The van der Waals surface area contributed by atoms with Gasteiger partial charge < -0.3 is 20.1 Å². The van der Waals surface area contributed by atoms with Gasteiger partial charge in [0.15, 0.2) is 6.61 Å². The van der Waals surface area contributed by atoms with E-state index in [0.29, 0.717) is 23.7 Å². The Kier molecular flexibility index (Phi) is 6.92. The van der Waals surface area contributed by atoms with E-state index in [1.807, 2.05) is 13.0 Å². The number of para-hydroxylation sites is 2. The Hall–Kier alpha value is -2.90. The second-order valence-electron chi connectivity index (χ2n) is 5.71. The summed E-state index contributed by atoms with van der Waals surface area (Å²) >= 11 is 0. The summed E-state index contributed by atoms with van der Waals surface area (Å²) in [5.74, 6) is 0.395. The van der Waals surface area contributed by atoms with Crippen LogP contribution in [0.3, 0.4) is 0 Å². The Labute approximate surface area is 155 Å². The molecule has 0 aliphatic heterocycles. The first-order chi connectivity index (χ1) is 12.8. The van der Waals surface area contributed by atoms with Crippen LogP contribution in [0.25, 0.3) is 0 Å². The third-order valence-corrected chi connectivity index (χ3v) is 3.48. The SMILES string of the molecule is CCOc1ccccc1NC(=O)C(C)Nc1ccc(OCC(F)(F)F)cc1. The van der Waals surface area contributed by atoms with Gasteiger partial charge in [0.25, 0.3) is 0 Å². The summed E-state index contributed by atoms with van der Waals surface area (Å²) in [6.07, 6.45) is -4.39. The van der Waals surface area contributed by atoms with Crippen molar-refractivity contribution in [3.05, 3.63) is 48.5 Å². The minimum Gasteiger partial charge on any atom is -0.492 e. The number of hydrogen-bond acceptors (Lipinski definition) is 4. The summed E-state index contributed by atoms with van der Waals surface area (Å²) in [5, 5.41) is 5.77. The lowest BCUT2D eigenvalue weighted by Gasteiger charge is -2.17. The topological polar surface area (TPSA) is 59.6 Å². The number of alkyl halides is 3. The largest absolute Gasteiger partial charge is 0.492 e. The minimum absolute atomic E-state index is 0.0978. The molecule has 0 saturated carbocycles. The van der Waals surface area contributed by atoms with E-state index in [-0.39, 0.29) is 11.7 Å². The fourth-order valence-electron chi connectivity index (χ4n) is 2.22. The van der Waals surface area contributed by atoms with Crippen molar-refractivity contribution in [1.29, 1.82) is 0 Å². The minimum atomic E-state index is -4.39. The Morgan fingerprint density at radius 1 is 1.07 bits per heavy atom. The molecule has 2 aromatic carbocycles. The average molecular weight is 382 g/mol. The molecule has 2 N–H and O–H groups in total. The van der Waals surface area contributed by atoms with Gasteiger partial charge in [-0.2, -0.15) is 13.2 Å². The molecule has 5 nitrogen and oxygen atoms in total. The quantitative estimate of drug-likeness (QED) is 0.708. The molecule has 0 heterocycles. The Balaban J connectivity index is 1.92. The van der Waals surface area contributed by atoms with E-state index in [0.717, 1.165) is 0 Å². The summed E-state index contributed by atoms with van der Waals surface area (Å²) in [5.41, 5.74) is 1.14. The molecule has 0 spiro atoms. The highest BCUT2D eigenvalue weighted by Crippen LogP contribution is 2.24. The lowest BCUT2D eigenvalue weighted by atomic mass is 10.2. The smallest absolute Gasteiger partial charge is 0.422 e. The van der Waals surface area contributed by atoms with Crippen LogP contribution in [-0.4, -0.2) is 31.3 Å². The number of rotatable bonds is 8. The molecule has 2 rings (SSSR count). The number of amides is 1. The fraction of sp³-hybridized carbons (Fsp3) is 0.316. The van der Waals surface area contributed by atoms with E-state index < -0.39 is 18.8 Å². The molecular formula is C19H21F3N2O3. The maximum atomic E-state index is 12.4. The first kappa shape index (κ1) is 20.4.